The van der Waals surface area contributed by atoms with E-state index in [9.17, 15) is 19.5 Å². The van der Waals surface area contributed by atoms with Crippen LogP contribution in [0.5, 0.6) is 0 Å². The van der Waals surface area contributed by atoms with E-state index < -0.39 is 29.9 Å². The third-order valence-electron chi connectivity index (χ3n) is 3.38. The Bertz CT molecular complexity index is 533. The van der Waals surface area contributed by atoms with Gasteiger partial charge in [-0.25, -0.2) is 4.98 Å². The number of H-pyrrole nitrogens is 1. The number of carbonyl (C=O) groups excluding carboxylic acids is 2. The summed E-state index contributed by atoms with van der Waals surface area (Å²) in [5.41, 5.74) is 11.3. The topological polar surface area (TPSA) is 176 Å². The van der Waals surface area contributed by atoms with E-state index in [0.717, 1.165) is 0 Å². The molecule has 0 aromatic carbocycles. The second-order valence-corrected chi connectivity index (χ2v) is 5.29. The number of imidazole rings is 1. The SMILES string of the molecule is NCCCCC(C(=O)O)C(=O)NC(Cc1cnc[nH]1)NC(=O)CN. The minimum Gasteiger partial charge on any atom is -0.481 e. The zero-order valence-corrected chi connectivity index (χ0v) is 13.3. The van der Waals surface area contributed by atoms with E-state index in [1.807, 2.05) is 0 Å². The Kier molecular flexibility index (Phi) is 8.44. The average molecular weight is 340 g/mol. The quantitative estimate of drug-likeness (QED) is 0.158. The average Bonchev–Trinajstić information content (AvgIpc) is 3.03. The number of nitrogens with two attached hydrogens (primary N) is 2. The van der Waals surface area contributed by atoms with Crippen LogP contribution in [0.2, 0.25) is 0 Å². The van der Waals surface area contributed by atoms with E-state index in [1.54, 1.807) is 6.20 Å². The lowest BCUT2D eigenvalue weighted by Gasteiger charge is -2.21. The predicted molar refractivity (Wildman–Crippen MR) is 85.5 cm³/mol. The van der Waals surface area contributed by atoms with Gasteiger partial charge in [0.15, 0.2) is 0 Å². The van der Waals surface area contributed by atoms with Gasteiger partial charge in [0.1, 0.15) is 12.1 Å². The second-order valence-electron chi connectivity index (χ2n) is 5.29. The van der Waals surface area contributed by atoms with Crippen LogP contribution >= 0.6 is 0 Å². The first-order valence-corrected chi connectivity index (χ1v) is 7.67. The molecule has 0 saturated heterocycles. The van der Waals surface area contributed by atoms with Crippen LogP contribution in [0.25, 0.3) is 0 Å². The van der Waals surface area contributed by atoms with Gasteiger partial charge in [-0.1, -0.05) is 6.42 Å². The molecular formula is C14H24N6O4. The lowest BCUT2D eigenvalue weighted by Crippen LogP contribution is -2.53. The molecule has 8 N–H and O–H groups in total. The third-order valence-corrected chi connectivity index (χ3v) is 3.38. The molecule has 0 saturated carbocycles. The molecular weight excluding hydrogens is 316 g/mol. The van der Waals surface area contributed by atoms with Gasteiger partial charge in [-0.05, 0) is 19.4 Å². The summed E-state index contributed by atoms with van der Waals surface area (Å²) in [5, 5.41) is 14.3. The molecule has 2 atom stereocenters. The van der Waals surface area contributed by atoms with Crippen LogP contribution in [0.15, 0.2) is 12.5 Å². The van der Waals surface area contributed by atoms with Crippen molar-refractivity contribution in [2.24, 2.45) is 17.4 Å². The van der Waals surface area contributed by atoms with Gasteiger partial charge in [0.05, 0.1) is 12.9 Å². The van der Waals surface area contributed by atoms with Gasteiger partial charge in [0, 0.05) is 18.3 Å². The van der Waals surface area contributed by atoms with Gasteiger partial charge in [-0.15, -0.1) is 0 Å². The summed E-state index contributed by atoms with van der Waals surface area (Å²) < 4.78 is 0. The molecule has 1 heterocycles. The molecule has 134 valence electrons. The highest BCUT2D eigenvalue weighted by Crippen LogP contribution is 2.10. The Hall–Kier alpha value is -2.46. The number of nitrogens with one attached hydrogen (secondary N) is 3. The van der Waals surface area contributed by atoms with Crippen molar-refractivity contribution in [3.8, 4) is 0 Å². The van der Waals surface area contributed by atoms with Crippen molar-refractivity contribution in [1.29, 1.82) is 0 Å². The minimum atomic E-state index is -1.21. The number of nitrogens with zero attached hydrogens (tertiary/aromatic N) is 1. The van der Waals surface area contributed by atoms with Crippen molar-refractivity contribution in [3.63, 3.8) is 0 Å². The lowest BCUT2D eigenvalue weighted by molar-refractivity contribution is -0.147. The molecule has 0 aliphatic carbocycles. The summed E-state index contributed by atoms with van der Waals surface area (Å²) in [6.07, 6.45) is 3.80. The molecule has 1 aromatic rings. The zero-order chi connectivity index (χ0) is 17.9. The van der Waals surface area contributed by atoms with Crippen molar-refractivity contribution in [2.75, 3.05) is 13.1 Å². The highest BCUT2D eigenvalue weighted by atomic mass is 16.4. The van der Waals surface area contributed by atoms with Crippen molar-refractivity contribution in [2.45, 2.75) is 31.8 Å². The fraction of sp³-hybridized carbons (Fsp3) is 0.571. The highest BCUT2D eigenvalue weighted by Gasteiger charge is 2.28. The van der Waals surface area contributed by atoms with Crippen LogP contribution in [0.4, 0.5) is 0 Å². The number of carboxylic acids is 1. The molecule has 10 nitrogen and oxygen atoms in total. The normalized spacial score (nSPS) is 13.1. The Morgan fingerprint density at radius 3 is 2.54 bits per heavy atom. The Morgan fingerprint density at radius 1 is 1.25 bits per heavy atom. The molecule has 0 fully saturated rings. The first-order valence-electron chi connectivity index (χ1n) is 7.67. The fourth-order valence-electron chi connectivity index (χ4n) is 2.14. The van der Waals surface area contributed by atoms with E-state index in [0.29, 0.717) is 25.1 Å². The Morgan fingerprint density at radius 2 is 2.00 bits per heavy atom. The van der Waals surface area contributed by atoms with Gasteiger partial charge < -0.3 is 32.2 Å². The van der Waals surface area contributed by atoms with Gasteiger partial charge in [-0.3, -0.25) is 14.4 Å². The van der Waals surface area contributed by atoms with Crippen molar-refractivity contribution >= 4 is 17.8 Å². The van der Waals surface area contributed by atoms with E-state index in [2.05, 4.69) is 20.6 Å². The number of rotatable bonds is 11. The van der Waals surface area contributed by atoms with Crippen LogP contribution in [0, 0.1) is 5.92 Å². The summed E-state index contributed by atoms with van der Waals surface area (Å²) in [4.78, 5) is 41.8. The zero-order valence-electron chi connectivity index (χ0n) is 13.3. The second kappa shape index (κ2) is 10.3. The van der Waals surface area contributed by atoms with Gasteiger partial charge in [0.25, 0.3) is 0 Å². The summed E-state index contributed by atoms with van der Waals surface area (Å²) in [5.74, 6) is -3.54. The number of hydrogen-bond donors (Lipinski definition) is 6. The van der Waals surface area contributed by atoms with Crippen molar-refractivity contribution in [1.82, 2.24) is 20.6 Å². The van der Waals surface area contributed by atoms with Crippen LogP contribution in [-0.4, -0.2) is 52.1 Å². The summed E-state index contributed by atoms with van der Waals surface area (Å²) in [6, 6.07) is 0. The maximum atomic E-state index is 12.3. The van der Waals surface area contributed by atoms with Crippen LogP contribution in [0.1, 0.15) is 25.0 Å². The van der Waals surface area contributed by atoms with Crippen molar-refractivity contribution in [3.05, 3.63) is 18.2 Å². The Labute approximate surface area is 139 Å². The molecule has 0 radical (unpaired) electrons. The summed E-state index contributed by atoms with van der Waals surface area (Å²) in [6.45, 7) is 0.192. The monoisotopic (exact) mass is 340 g/mol. The number of carboxylic acid groups (broad SMARTS) is 1. The smallest absolute Gasteiger partial charge is 0.316 e. The molecule has 2 unspecified atom stereocenters. The largest absolute Gasteiger partial charge is 0.481 e. The number of unbranched alkanes of at least 4 members (excludes halogenated alkanes) is 1. The highest BCUT2D eigenvalue weighted by molar-refractivity contribution is 5.97. The number of hydrogen-bond acceptors (Lipinski definition) is 6. The molecule has 0 aliphatic rings. The van der Waals surface area contributed by atoms with Crippen molar-refractivity contribution < 1.29 is 19.5 Å². The molecule has 10 heteroatoms. The van der Waals surface area contributed by atoms with Gasteiger partial charge >= 0.3 is 5.97 Å². The third kappa shape index (κ3) is 6.75. The summed E-state index contributed by atoms with van der Waals surface area (Å²) in [7, 11) is 0. The van der Waals surface area contributed by atoms with Crippen LogP contribution in [0.3, 0.4) is 0 Å². The minimum absolute atomic E-state index is 0.181. The maximum absolute atomic E-state index is 12.3. The van der Waals surface area contributed by atoms with E-state index >= 15 is 0 Å². The molecule has 1 rings (SSSR count). The Balaban J connectivity index is 2.72. The molecule has 0 bridgehead atoms. The molecule has 2 amide bonds. The van der Waals surface area contributed by atoms with Gasteiger partial charge in [-0.2, -0.15) is 0 Å². The number of aromatic amines is 1. The molecule has 1 aromatic heterocycles. The van der Waals surface area contributed by atoms with E-state index in [1.165, 1.54) is 6.33 Å². The summed E-state index contributed by atoms with van der Waals surface area (Å²) >= 11 is 0. The lowest BCUT2D eigenvalue weighted by atomic mass is 10.0. The first kappa shape index (κ1) is 19.6. The molecule has 24 heavy (non-hydrogen) atoms. The number of aliphatic carboxylic acids is 1. The standard InChI is InChI=1S/C14H24N6O4/c15-4-2-1-3-10(14(23)24)13(22)20-11(19-12(21)6-16)5-9-7-17-8-18-9/h7-8,10-11H,1-6,15-16H2,(H,17,18)(H,19,21)(H,20,22)(H,23,24). The number of aromatic nitrogens is 2. The molecule has 0 spiro atoms. The molecule has 0 aliphatic heterocycles. The first-order chi connectivity index (χ1) is 11.5. The van der Waals surface area contributed by atoms with E-state index in [-0.39, 0.29) is 19.4 Å². The van der Waals surface area contributed by atoms with Crippen LogP contribution in [-0.2, 0) is 20.8 Å². The maximum Gasteiger partial charge on any atom is 0.316 e. The fourth-order valence-corrected chi connectivity index (χ4v) is 2.14. The van der Waals surface area contributed by atoms with Crippen LogP contribution < -0.4 is 22.1 Å². The number of amides is 2. The van der Waals surface area contributed by atoms with Gasteiger partial charge in [0.2, 0.25) is 11.8 Å². The predicted octanol–water partition coefficient (Wildman–Crippen LogP) is -1.70. The van der Waals surface area contributed by atoms with E-state index in [4.69, 9.17) is 11.5 Å². The number of carbonyl (C=O) groups is 3.